The number of carbonyl (C=O) groups excluding carboxylic acids is 1. The summed E-state index contributed by atoms with van der Waals surface area (Å²) >= 11 is 0. The van der Waals surface area contributed by atoms with Gasteiger partial charge in [0.2, 0.25) is 5.91 Å². The summed E-state index contributed by atoms with van der Waals surface area (Å²) in [6.45, 7) is 8.81. The summed E-state index contributed by atoms with van der Waals surface area (Å²) in [5.74, 6) is -0.107. The zero-order valence-electron chi connectivity index (χ0n) is 13.7. The highest BCUT2D eigenvalue weighted by molar-refractivity contribution is 5.86. The molecule has 1 saturated carbocycles. The molecule has 1 fully saturated rings. The first-order valence-corrected chi connectivity index (χ1v) is 7.89. The Morgan fingerprint density at radius 2 is 1.95 bits per heavy atom. The van der Waals surface area contributed by atoms with Crippen molar-refractivity contribution < 1.29 is 14.7 Å². The van der Waals surface area contributed by atoms with Crippen LogP contribution in [0, 0.1) is 17.3 Å². The van der Waals surface area contributed by atoms with Crippen molar-refractivity contribution in [2.45, 2.75) is 71.9 Å². The van der Waals surface area contributed by atoms with E-state index in [1.54, 1.807) is 0 Å². The molecule has 1 aliphatic carbocycles. The number of rotatable bonds is 6. The second kappa shape index (κ2) is 7.25. The van der Waals surface area contributed by atoms with Crippen molar-refractivity contribution in [3.63, 3.8) is 0 Å². The lowest BCUT2D eigenvalue weighted by atomic mass is 9.73. The molecule has 1 rings (SSSR count). The Balaban J connectivity index is 2.48. The second-order valence-corrected chi connectivity index (χ2v) is 7.51. The van der Waals surface area contributed by atoms with Gasteiger partial charge in [-0.3, -0.25) is 9.59 Å². The molecule has 3 unspecified atom stereocenters. The Kier molecular flexibility index (Phi) is 6.20. The van der Waals surface area contributed by atoms with Crippen LogP contribution in [0.25, 0.3) is 0 Å². The van der Waals surface area contributed by atoms with Gasteiger partial charge >= 0.3 is 5.97 Å². The number of carboxylic acids is 1. The molecule has 5 nitrogen and oxygen atoms in total. The van der Waals surface area contributed by atoms with Gasteiger partial charge < -0.3 is 16.2 Å². The highest BCUT2D eigenvalue weighted by atomic mass is 16.4. The van der Waals surface area contributed by atoms with Gasteiger partial charge in [0.25, 0.3) is 0 Å². The van der Waals surface area contributed by atoms with Crippen LogP contribution >= 0.6 is 0 Å². The van der Waals surface area contributed by atoms with Crippen LogP contribution in [-0.2, 0) is 9.59 Å². The number of amides is 1. The molecule has 1 aliphatic rings. The molecule has 4 atom stereocenters. The van der Waals surface area contributed by atoms with Gasteiger partial charge in [0.1, 0.15) is 0 Å². The number of aliphatic carboxylic acids is 1. The van der Waals surface area contributed by atoms with Crippen molar-refractivity contribution in [2.24, 2.45) is 23.0 Å². The summed E-state index contributed by atoms with van der Waals surface area (Å²) in [5, 5.41) is 11.5. The maximum atomic E-state index is 11.8. The fourth-order valence-corrected chi connectivity index (χ4v) is 3.60. The molecular weight excluding hydrogens is 268 g/mol. The van der Waals surface area contributed by atoms with E-state index in [0.29, 0.717) is 17.3 Å². The summed E-state index contributed by atoms with van der Waals surface area (Å²) < 4.78 is 0. The van der Waals surface area contributed by atoms with Gasteiger partial charge in [-0.05, 0) is 37.0 Å². The summed E-state index contributed by atoms with van der Waals surface area (Å²) in [6.07, 6.45) is 4.34. The van der Waals surface area contributed by atoms with Crippen molar-refractivity contribution in [1.29, 1.82) is 0 Å². The Morgan fingerprint density at radius 1 is 1.33 bits per heavy atom. The second-order valence-electron chi connectivity index (χ2n) is 7.51. The maximum absolute atomic E-state index is 11.8. The first-order chi connectivity index (χ1) is 9.61. The molecule has 5 heteroatoms. The Hall–Kier alpha value is -1.10. The molecule has 0 heterocycles. The molecule has 1 amide bonds. The monoisotopic (exact) mass is 298 g/mol. The van der Waals surface area contributed by atoms with Crippen LogP contribution in [0.3, 0.4) is 0 Å². The number of carboxylic acid groups (broad SMARTS) is 1. The van der Waals surface area contributed by atoms with Crippen LogP contribution in [-0.4, -0.2) is 29.1 Å². The van der Waals surface area contributed by atoms with E-state index in [4.69, 9.17) is 10.8 Å². The van der Waals surface area contributed by atoms with Gasteiger partial charge in [-0.15, -0.1) is 0 Å². The van der Waals surface area contributed by atoms with Gasteiger partial charge in [-0.25, -0.2) is 0 Å². The molecule has 122 valence electrons. The van der Waals surface area contributed by atoms with Gasteiger partial charge in [0.15, 0.2) is 0 Å². The van der Waals surface area contributed by atoms with Crippen molar-refractivity contribution in [3.8, 4) is 0 Å². The van der Waals surface area contributed by atoms with Crippen molar-refractivity contribution in [3.05, 3.63) is 0 Å². The number of hydrogen-bond donors (Lipinski definition) is 3. The Bertz CT molecular complexity index is 376. The van der Waals surface area contributed by atoms with E-state index < -0.39 is 12.0 Å². The minimum atomic E-state index is -1.05. The summed E-state index contributed by atoms with van der Waals surface area (Å²) in [5.41, 5.74) is 5.87. The van der Waals surface area contributed by atoms with Crippen LogP contribution in [0.2, 0.25) is 0 Å². The lowest BCUT2D eigenvalue weighted by Crippen LogP contribution is -2.46. The Labute approximate surface area is 127 Å². The number of nitrogens with one attached hydrogen (secondary N) is 1. The first-order valence-electron chi connectivity index (χ1n) is 7.89. The topological polar surface area (TPSA) is 92.4 Å². The van der Waals surface area contributed by atoms with E-state index >= 15 is 0 Å². The van der Waals surface area contributed by atoms with Crippen LogP contribution in [0.1, 0.15) is 59.8 Å². The van der Waals surface area contributed by atoms with Gasteiger partial charge in [-0.2, -0.15) is 0 Å². The molecule has 0 aliphatic heterocycles. The molecular formula is C16H30N2O3. The molecule has 0 spiro atoms. The molecule has 0 bridgehead atoms. The lowest BCUT2D eigenvalue weighted by molar-refractivity contribution is -0.139. The molecule has 0 saturated heterocycles. The quantitative estimate of drug-likeness (QED) is 0.700. The molecule has 0 aromatic heterocycles. The number of hydrogen-bond acceptors (Lipinski definition) is 3. The molecule has 0 radical (unpaired) electrons. The predicted molar refractivity (Wildman–Crippen MR) is 82.7 cm³/mol. The van der Waals surface area contributed by atoms with E-state index in [1.165, 1.54) is 19.3 Å². The fraction of sp³-hybridized carbons (Fsp3) is 0.875. The molecule has 4 N–H and O–H groups in total. The van der Waals surface area contributed by atoms with Crippen LogP contribution in [0.5, 0.6) is 0 Å². The Morgan fingerprint density at radius 3 is 2.48 bits per heavy atom. The zero-order chi connectivity index (χ0) is 16.2. The van der Waals surface area contributed by atoms with E-state index in [1.807, 2.05) is 6.92 Å². The number of nitrogens with two attached hydrogens (primary N) is 1. The molecule has 0 aromatic rings. The van der Waals surface area contributed by atoms with Crippen molar-refractivity contribution >= 4 is 11.9 Å². The fourth-order valence-electron chi connectivity index (χ4n) is 3.60. The van der Waals surface area contributed by atoms with Crippen LogP contribution in [0.4, 0.5) is 0 Å². The van der Waals surface area contributed by atoms with E-state index in [2.05, 4.69) is 26.1 Å². The van der Waals surface area contributed by atoms with Gasteiger partial charge in [-0.1, -0.05) is 33.6 Å². The van der Waals surface area contributed by atoms with Gasteiger partial charge in [0, 0.05) is 6.04 Å². The minimum Gasteiger partial charge on any atom is -0.481 e. The average molecular weight is 298 g/mol. The van der Waals surface area contributed by atoms with E-state index in [0.717, 1.165) is 6.42 Å². The smallest absolute Gasteiger partial charge is 0.305 e. The normalized spacial score (nSPS) is 25.4. The van der Waals surface area contributed by atoms with Crippen LogP contribution < -0.4 is 11.1 Å². The standard InChI is InChI=1S/C16H30N2O3/c1-10(18-15(21)13(17)9-14(19)20)8-11-6-5-7-12(11)16(2,3)4/h10-13H,5-9,17H2,1-4H3,(H,18,21)(H,19,20)/t10?,11?,12?,13-/m0/s1. The first kappa shape index (κ1) is 18.0. The summed E-state index contributed by atoms with van der Waals surface area (Å²) in [6, 6.07) is -0.933. The highest BCUT2D eigenvalue weighted by Crippen LogP contribution is 2.45. The maximum Gasteiger partial charge on any atom is 0.305 e. The SMILES string of the molecule is CC(CC1CCCC1C(C)(C)C)NC(=O)[C@@H](N)CC(=O)O. The summed E-state index contributed by atoms with van der Waals surface area (Å²) in [7, 11) is 0. The number of carbonyl (C=O) groups is 2. The third-order valence-electron chi connectivity index (χ3n) is 4.55. The molecule has 21 heavy (non-hydrogen) atoms. The van der Waals surface area contributed by atoms with Crippen molar-refractivity contribution in [1.82, 2.24) is 5.32 Å². The minimum absolute atomic E-state index is 0.0327. The third-order valence-corrected chi connectivity index (χ3v) is 4.55. The van der Waals surface area contributed by atoms with Gasteiger partial charge in [0.05, 0.1) is 12.5 Å². The van der Waals surface area contributed by atoms with E-state index in [9.17, 15) is 9.59 Å². The van der Waals surface area contributed by atoms with Crippen LogP contribution in [0.15, 0.2) is 0 Å². The third kappa shape index (κ3) is 5.65. The lowest BCUT2D eigenvalue weighted by Gasteiger charge is -2.34. The summed E-state index contributed by atoms with van der Waals surface area (Å²) in [4.78, 5) is 22.4. The largest absolute Gasteiger partial charge is 0.481 e. The highest BCUT2D eigenvalue weighted by Gasteiger charge is 2.36. The molecule has 0 aromatic carbocycles. The van der Waals surface area contributed by atoms with E-state index in [-0.39, 0.29) is 18.4 Å². The van der Waals surface area contributed by atoms with Crippen molar-refractivity contribution in [2.75, 3.05) is 0 Å². The average Bonchev–Trinajstić information content (AvgIpc) is 2.75. The zero-order valence-corrected chi connectivity index (χ0v) is 13.7. The predicted octanol–water partition coefficient (Wildman–Crippen LogP) is 2.15.